The topological polar surface area (TPSA) is 78.2 Å². The quantitative estimate of drug-likeness (QED) is 0.777. The Kier molecular flexibility index (Phi) is 4.12. The summed E-state index contributed by atoms with van der Waals surface area (Å²) < 4.78 is 1.99. The van der Waals surface area contributed by atoms with Crippen LogP contribution in [0.5, 0.6) is 0 Å². The zero-order valence-electron chi connectivity index (χ0n) is 15.0. The molecule has 0 aromatic carbocycles. The number of H-pyrrole nitrogens is 1. The number of anilines is 1. The second-order valence-corrected chi connectivity index (χ2v) is 6.89. The predicted molar refractivity (Wildman–Crippen MR) is 95.7 cm³/mol. The zero-order valence-corrected chi connectivity index (χ0v) is 15.0. The van der Waals surface area contributed by atoms with Gasteiger partial charge in [0.1, 0.15) is 11.6 Å². The van der Waals surface area contributed by atoms with Gasteiger partial charge in [0.25, 0.3) is 0 Å². The molecule has 8 heteroatoms. The van der Waals surface area contributed by atoms with E-state index in [9.17, 15) is 0 Å². The van der Waals surface area contributed by atoms with Crippen LogP contribution in [0.1, 0.15) is 37.1 Å². The molecule has 1 aliphatic rings. The van der Waals surface area contributed by atoms with Crippen LogP contribution in [0.3, 0.4) is 0 Å². The normalized spacial score (nSPS) is 16.2. The molecule has 3 aromatic heterocycles. The van der Waals surface area contributed by atoms with Crippen molar-refractivity contribution in [2.75, 3.05) is 31.1 Å². The van der Waals surface area contributed by atoms with Crippen LogP contribution in [0.4, 0.5) is 5.82 Å². The molecule has 0 unspecified atom stereocenters. The Hall–Kier alpha value is -2.48. The first kappa shape index (κ1) is 16.0. The molecule has 1 fully saturated rings. The molecule has 1 N–H and O–H groups in total. The van der Waals surface area contributed by atoms with E-state index >= 15 is 0 Å². The number of fused-ring (bicyclic) bond motifs is 1. The monoisotopic (exact) mass is 340 g/mol. The number of rotatable bonds is 4. The van der Waals surface area contributed by atoms with Crippen molar-refractivity contribution in [2.45, 2.75) is 33.2 Å². The molecule has 0 spiro atoms. The van der Waals surface area contributed by atoms with Crippen LogP contribution in [-0.2, 0) is 6.54 Å². The van der Waals surface area contributed by atoms with E-state index in [0.29, 0.717) is 5.92 Å². The largest absolute Gasteiger partial charge is 0.351 e. The van der Waals surface area contributed by atoms with Crippen LogP contribution in [0.25, 0.3) is 5.65 Å². The van der Waals surface area contributed by atoms with Gasteiger partial charge in [-0.3, -0.25) is 9.30 Å². The van der Waals surface area contributed by atoms with E-state index in [4.69, 9.17) is 0 Å². The summed E-state index contributed by atoms with van der Waals surface area (Å²) in [4.78, 5) is 17.2. The van der Waals surface area contributed by atoms with Crippen molar-refractivity contribution in [2.24, 2.45) is 0 Å². The van der Waals surface area contributed by atoms with Gasteiger partial charge >= 0.3 is 0 Å². The smallest absolute Gasteiger partial charge is 0.203 e. The lowest BCUT2D eigenvalue weighted by atomic mass is 10.2. The van der Waals surface area contributed by atoms with Gasteiger partial charge in [-0.1, -0.05) is 13.8 Å². The number of aromatic amines is 1. The maximum Gasteiger partial charge on any atom is 0.203 e. The SMILES string of the molecule is Cc1nnc2c(N3CCN(Cc4ncc(C(C)C)[nH]4)CC3)nccn12. The summed E-state index contributed by atoms with van der Waals surface area (Å²) in [5.41, 5.74) is 2.03. The van der Waals surface area contributed by atoms with Crippen molar-refractivity contribution in [3.63, 3.8) is 0 Å². The average molecular weight is 340 g/mol. The Morgan fingerprint density at radius 2 is 1.92 bits per heavy atom. The first-order chi connectivity index (χ1) is 12.1. The van der Waals surface area contributed by atoms with E-state index in [1.54, 1.807) is 0 Å². The third-order valence-electron chi connectivity index (χ3n) is 4.79. The van der Waals surface area contributed by atoms with Gasteiger partial charge < -0.3 is 9.88 Å². The van der Waals surface area contributed by atoms with Crippen molar-refractivity contribution < 1.29 is 0 Å². The molecule has 3 aromatic rings. The van der Waals surface area contributed by atoms with Crippen LogP contribution < -0.4 is 4.90 Å². The molecular weight excluding hydrogens is 316 g/mol. The molecule has 0 amide bonds. The number of piperazine rings is 1. The number of hydrogen-bond donors (Lipinski definition) is 1. The molecular formula is C17H24N8. The first-order valence-electron chi connectivity index (χ1n) is 8.79. The Labute approximate surface area is 146 Å². The van der Waals surface area contributed by atoms with Crippen LogP contribution in [0.2, 0.25) is 0 Å². The highest BCUT2D eigenvalue weighted by atomic mass is 15.3. The minimum atomic E-state index is 0.483. The zero-order chi connectivity index (χ0) is 17.4. The lowest BCUT2D eigenvalue weighted by molar-refractivity contribution is 0.244. The van der Waals surface area contributed by atoms with E-state index in [1.165, 1.54) is 5.69 Å². The van der Waals surface area contributed by atoms with Crippen LogP contribution in [0, 0.1) is 6.92 Å². The molecule has 0 saturated carbocycles. The van der Waals surface area contributed by atoms with Crippen molar-refractivity contribution in [3.8, 4) is 0 Å². The Morgan fingerprint density at radius 1 is 1.12 bits per heavy atom. The number of aromatic nitrogens is 6. The molecule has 0 atom stereocenters. The summed E-state index contributed by atoms with van der Waals surface area (Å²) in [7, 11) is 0. The second kappa shape index (κ2) is 6.44. The number of imidazole rings is 1. The number of nitrogens with one attached hydrogen (secondary N) is 1. The molecule has 25 heavy (non-hydrogen) atoms. The fourth-order valence-corrected chi connectivity index (χ4v) is 3.23. The van der Waals surface area contributed by atoms with Gasteiger partial charge in [-0.2, -0.15) is 0 Å². The summed E-state index contributed by atoms with van der Waals surface area (Å²) in [6.07, 6.45) is 5.68. The Morgan fingerprint density at radius 3 is 2.64 bits per heavy atom. The van der Waals surface area contributed by atoms with Crippen LogP contribution in [-0.4, -0.2) is 60.6 Å². The van der Waals surface area contributed by atoms with E-state index in [-0.39, 0.29) is 0 Å². The van der Waals surface area contributed by atoms with Crippen LogP contribution in [0.15, 0.2) is 18.6 Å². The van der Waals surface area contributed by atoms with Gasteiger partial charge in [0.15, 0.2) is 5.82 Å². The summed E-state index contributed by atoms with van der Waals surface area (Å²) in [6, 6.07) is 0. The Balaban J connectivity index is 1.42. The van der Waals surface area contributed by atoms with E-state index in [1.807, 2.05) is 29.9 Å². The fourth-order valence-electron chi connectivity index (χ4n) is 3.23. The molecule has 0 radical (unpaired) electrons. The highest BCUT2D eigenvalue weighted by Gasteiger charge is 2.22. The number of hydrogen-bond acceptors (Lipinski definition) is 6. The van der Waals surface area contributed by atoms with Gasteiger partial charge in [-0.15, -0.1) is 10.2 Å². The Bertz CT molecular complexity index is 857. The fraction of sp³-hybridized carbons (Fsp3) is 0.529. The van der Waals surface area contributed by atoms with E-state index in [0.717, 1.165) is 55.8 Å². The third kappa shape index (κ3) is 3.09. The standard InChI is InChI=1S/C17H24N8/c1-12(2)14-10-19-15(20-14)11-23-6-8-24(9-7-23)16-17-22-21-13(3)25(17)5-4-18-16/h4-5,10,12H,6-9,11H2,1-3H3,(H,19,20). The van der Waals surface area contributed by atoms with Crippen molar-refractivity contribution >= 4 is 11.5 Å². The molecule has 1 aliphatic heterocycles. The van der Waals surface area contributed by atoms with E-state index < -0.39 is 0 Å². The lowest BCUT2D eigenvalue weighted by Gasteiger charge is -2.34. The van der Waals surface area contributed by atoms with Gasteiger partial charge in [-0.05, 0) is 12.8 Å². The van der Waals surface area contributed by atoms with Crippen molar-refractivity contribution in [1.29, 1.82) is 0 Å². The van der Waals surface area contributed by atoms with Gasteiger partial charge in [0, 0.05) is 50.5 Å². The summed E-state index contributed by atoms with van der Waals surface area (Å²) >= 11 is 0. The number of nitrogens with zero attached hydrogens (tertiary/aromatic N) is 7. The maximum absolute atomic E-state index is 4.54. The lowest BCUT2D eigenvalue weighted by Crippen LogP contribution is -2.46. The predicted octanol–water partition coefficient (Wildman–Crippen LogP) is 1.60. The minimum Gasteiger partial charge on any atom is -0.351 e. The molecule has 8 nitrogen and oxygen atoms in total. The average Bonchev–Trinajstić information content (AvgIpc) is 3.23. The molecule has 4 heterocycles. The molecule has 4 rings (SSSR count). The third-order valence-corrected chi connectivity index (χ3v) is 4.79. The van der Waals surface area contributed by atoms with E-state index in [2.05, 4.69) is 48.8 Å². The van der Waals surface area contributed by atoms with Gasteiger partial charge in [0.2, 0.25) is 5.65 Å². The maximum atomic E-state index is 4.54. The molecule has 0 bridgehead atoms. The van der Waals surface area contributed by atoms with Crippen LogP contribution >= 0.6 is 0 Å². The molecule has 0 aliphatic carbocycles. The van der Waals surface area contributed by atoms with Gasteiger partial charge in [-0.25, -0.2) is 9.97 Å². The highest BCUT2D eigenvalue weighted by Crippen LogP contribution is 2.20. The summed E-state index contributed by atoms with van der Waals surface area (Å²) in [5.74, 6) is 3.33. The summed E-state index contributed by atoms with van der Waals surface area (Å²) in [6.45, 7) is 11.0. The minimum absolute atomic E-state index is 0.483. The molecule has 1 saturated heterocycles. The number of aryl methyl sites for hydroxylation is 1. The second-order valence-electron chi connectivity index (χ2n) is 6.89. The van der Waals surface area contributed by atoms with Gasteiger partial charge in [0.05, 0.1) is 6.54 Å². The first-order valence-corrected chi connectivity index (χ1v) is 8.79. The molecule has 132 valence electrons. The van der Waals surface area contributed by atoms with Crippen molar-refractivity contribution in [1.82, 2.24) is 34.4 Å². The summed E-state index contributed by atoms with van der Waals surface area (Å²) in [5, 5.41) is 8.44. The van der Waals surface area contributed by atoms with Crippen molar-refractivity contribution in [3.05, 3.63) is 35.9 Å². The highest BCUT2D eigenvalue weighted by molar-refractivity contribution is 5.63.